The summed E-state index contributed by atoms with van der Waals surface area (Å²) in [5.74, 6) is 0. The van der Waals surface area contributed by atoms with Crippen LogP contribution in [-0.4, -0.2) is 116 Å². The fourth-order valence-corrected chi connectivity index (χ4v) is 4.82. The molecule has 0 aromatic carbocycles. The first-order valence-corrected chi connectivity index (χ1v) is 10.4. The van der Waals surface area contributed by atoms with E-state index in [0.29, 0.717) is 6.04 Å². The number of nitrogens with zero attached hydrogens (tertiary/aromatic N) is 4. The lowest BCUT2D eigenvalue weighted by atomic mass is 9.90. The summed E-state index contributed by atoms with van der Waals surface area (Å²) in [6.45, 7) is 14.2. The van der Waals surface area contributed by atoms with Crippen molar-refractivity contribution in [3.63, 3.8) is 0 Å². The van der Waals surface area contributed by atoms with Crippen molar-refractivity contribution >= 4 is 6.09 Å². The van der Waals surface area contributed by atoms with Gasteiger partial charge in [0.15, 0.2) is 0 Å². The minimum atomic E-state index is -0.242. The quantitative estimate of drug-likeness (QED) is 0.714. The van der Waals surface area contributed by atoms with Crippen molar-refractivity contribution in [1.29, 1.82) is 0 Å². The first kappa shape index (κ1) is 18.5. The molecule has 0 aliphatic carbocycles. The predicted molar refractivity (Wildman–Crippen MR) is 99.4 cm³/mol. The highest BCUT2D eigenvalue weighted by atomic mass is 16.6. The van der Waals surface area contributed by atoms with Crippen LogP contribution < -0.4 is 0 Å². The fourth-order valence-electron chi connectivity index (χ4n) is 4.82. The molecule has 1 atom stereocenters. The van der Waals surface area contributed by atoms with Crippen LogP contribution in [0, 0.1) is 0 Å². The second-order valence-corrected chi connectivity index (χ2v) is 8.30. The highest BCUT2D eigenvalue weighted by Crippen LogP contribution is 2.34. The third kappa shape index (κ3) is 4.01. The molecule has 4 heterocycles. The minimum absolute atomic E-state index is 0.102. The van der Waals surface area contributed by atoms with E-state index in [0.717, 1.165) is 97.9 Å². The molecule has 7 heteroatoms. The number of amides is 1. The number of carbonyl (C=O) groups excluding carboxylic acids is 1. The third-order valence-corrected chi connectivity index (χ3v) is 6.77. The van der Waals surface area contributed by atoms with Gasteiger partial charge in [-0.25, -0.2) is 4.79 Å². The molecule has 4 rings (SSSR count). The van der Waals surface area contributed by atoms with Crippen molar-refractivity contribution in [2.75, 3.05) is 78.7 Å². The molecular weight excluding hydrogens is 332 g/mol. The molecule has 0 N–H and O–H groups in total. The third-order valence-electron chi connectivity index (χ3n) is 6.77. The van der Waals surface area contributed by atoms with Crippen molar-refractivity contribution in [3.05, 3.63) is 0 Å². The zero-order chi connectivity index (χ0) is 18.0. The standard InChI is InChI=1S/C19H34N4O3/c1-2-20-8-10-21(11-9-20)12-13-23-16-19(26-18(23)24)4-6-22(7-5-19)17-3-14-25-15-17/h17H,2-16H2,1H3/t17-/m1/s1. The number of carbonyl (C=O) groups is 1. The molecule has 148 valence electrons. The monoisotopic (exact) mass is 366 g/mol. The van der Waals surface area contributed by atoms with E-state index in [1.54, 1.807) is 0 Å². The number of hydrogen-bond acceptors (Lipinski definition) is 6. The molecule has 0 unspecified atom stereocenters. The summed E-state index contributed by atoms with van der Waals surface area (Å²) in [5.41, 5.74) is -0.242. The maximum absolute atomic E-state index is 12.4. The van der Waals surface area contributed by atoms with Gasteiger partial charge in [0.2, 0.25) is 0 Å². The summed E-state index contributed by atoms with van der Waals surface area (Å²) < 4.78 is 11.4. The highest BCUT2D eigenvalue weighted by Gasteiger charge is 2.47. The molecule has 1 spiro atoms. The Morgan fingerprint density at radius 2 is 1.77 bits per heavy atom. The molecule has 0 aromatic rings. The number of ether oxygens (including phenoxy) is 2. The van der Waals surface area contributed by atoms with Crippen molar-refractivity contribution in [2.24, 2.45) is 0 Å². The molecule has 7 nitrogen and oxygen atoms in total. The Kier molecular flexibility index (Phi) is 5.69. The summed E-state index contributed by atoms with van der Waals surface area (Å²) in [7, 11) is 0. The predicted octanol–water partition coefficient (Wildman–Crippen LogP) is 0.700. The Bertz CT molecular complexity index is 481. The average Bonchev–Trinajstić information content (AvgIpc) is 3.30. The van der Waals surface area contributed by atoms with Gasteiger partial charge < -0.3 is 19.3 Å². The molecule has 4 saturated heterocycles. The Morgan fingerprint density at radius 3 is 2.42 bits per heavy atom. The summed E-state index contributed by atoms with van der Waals surface area (Å²) in [4.78, 5) is 21.8. The maximum Gasteiger partial charge on any atom is 0.410 e. The molecule has 4 aliphatic rings. The minimum Gasteiger partial charge on any atom is -0.441 e. The molecule has 0 saturated carbocycles. The Balaban J connectivity index is 1.22. The lowest BCUT2D eigenvalue weighted by Crippen LogP contribution is -2.51. The van der Waals surface area contributed by atoms with E-state index in [4.69, 9.17) is 9.47 Å². The van der Waals surface area contributed by atoms with Crippen LogP contribution in [0.5, 0.6) is 0 Å². The Morgan fingerprint density at radius 1 is 1.04 bits per heavy atom. The van der Waals surface area contributed by atoms with Gasteiger partial charge in [-0.15, -0.1) is 0 Å². The van der Waals surface area contributed by atoms with E-state index in [9.17, 15) is 4.79 Å². The number of likely N-dealkylation sites (tertiary alicyclic amines) is 1. The molecule has 4 fully saturated rings. The molecule has 0 radical (unpaired) electrons. The first-order valence-electron chi connectivity index (χ1n) is 10.4. The van der Waals surface area contributed by atoms with E-state index in [1.807, 2.05) is 4.90 Å². The van der Waals surface area contributed by atoms with Gasteiger partial charge in [-0.3, -0.25) is 9.80 Å². The molecular formula is C19H34N4O3. The van der Waals surface area contributed by atoms with Gasteiger partial charge >= 0.3 is 6.09 Å². The number of rotatable bonds is 5. The van der Waals surface area contributed by atoms with Crippen LogP contribution >= 0.6 is 0 Å². The largest absolute Gasteiger partial charge is 0.441 e. The Hall–Kier alpha value is -0.890. The van der Waals surface area contributed by atoms with Crippen molar-refractivity contribution in [2.45, 2.75) is 37.8 Å². The maximum atomic E-state index is 12.4. The molecule has 26 heavy (non-hydrogen) atoms. The Labute approximate surface area is 157 Å². The van der Waals surface area contributed by atoms with Crippen LogP contribution in [0.2, 0.25) is 0 Å². The van der Waals surface area contributed by atoms with Crippen LogP contribution in [0.25, 0.3) is 0 Å². The zero-order valence-electron chi connectivity index (χ0n) is 16.2. The number of piperidine rings is 1. The van der Waals surface area contributed by atoms with Crippen LogP contribution in [-0.2, 0) is 9.47 Å². The molecule has 1 amide bonds. The summed E-state index contributed by atoms with van der Waals surface area (Å²) in [5, 5.41) is 0. The van der Waals surface area contributed by atoms with Gasteiger partial charge in [-0.2, -0.15) is 0 Å². The fraction of sp³-hybridized carbons (Fsp3) is 0.947. The van der Waals surface area contributed by atoms with Crippen LogP contribution in [0.4, 0.5) is 4.79 Å². The first-order chi connectivity index (χ1) is 12.7. The van der Waals surface area contributed by atoms with Gasteiger partial charge in [0.25, 0.3) is 0 Å². The lowest BCUT2D eigenvalue weighted by Gasteiger charge is -2.39. The van der Waals surface area contributed by atoms with E-state index < -0.39 is 0 Å². The van der Waals surface area contributed by atoms with Crippen molar-refractivity contribution in [3.8, 4) is 0 Å². The van der Waals surface area contributed by atoms with Gasteiger partial charge in [-0.05, 0) is 13.0 Å². The normalized spacial score (nSPS) is 31.0. The van der Waals surface area contributed by atoms with Gasteiger partial charge in [0.1, 0.15) is 5.60 Å². The van der Waals surface area contributed by atoms with E-state index in [2.05, 4.69) is 21.6 Å². The summed E-state index contributed by atoms with van der Waals surface area (Å²) >= 11 is 0. The van der Waals surface area contributed by atoms with Gasteiger partial charge in [-0.1, -0.05) is 6.92 Å². The average molecular weight is 367 g/mol. The highest BCUT2D eigenvalue weighted by molar-refractivity contribution is 5.70. The smallest absolute Gasteiger partial charge is 0.410 e. The van der Waals surface area contributed by atoms with Crippen LogP contribution in [0.3, 0.4) is 0 Å². The van der Waals surface area contributed by atoms with Crippen molar-refractivity contribution in [1.82, 2.24) is 19.6 Å². The molecule has 0 bridgehead atoms. The molecule has 4 aliphatic heterocycles. The second kappa shape index (κ2) is 8.00. The van der Waals surface area contributed by atoms with E-state index in [-0.39, 0.29) is 11.7 Å². The van der Waals surface area contributed by atoms with Gasteiger partial charge in [0, 0.05) is 77.8 Å². The second-order valence-electron chi connectivity index (χ2n) is 8.30. The lowest BCUT2D eigenvalue weighted by molar-refractivity contribution is -0.0112. The van der Waals surface area contributed by atoms with E-state index in [1.165, 1.54) is 0 Å². The zero-order valence-corrected chi connectivity index (χ0v) is 16.2. The topological polar surface area (TPSA) is 48.5 Å². The molecule has 0 aromatic heterocycles. The SMILES string of the molecule is CCN1CCN(CCN2CC3(CCN([C@@H]4CCOC4)CC3)OC2=O)CC1. The number of likely N-dealkylation sites (N-methyl/N-ethyl adjacent to an activating group) is 1. The van der Waals surface area contributed by atoms with Gasteiger partial charge in [0.05, 0.1) is 13.2 Å². The van der Waals surface area contributed by atoms with Crippen molar-refractivity contribution < 1.29 is 14.3 Å². The van der Waals surface area contributed by atoms with Crippen LogP contribution in [0.1, 0.15) is 26.2 Å². The number of hydrogen-bond donors (Lipinski definition) is 0. The van der Waals surface area contributed by atoms with Crippen LogP contribution in [0.15, 0.2) is 0 Å². The van der Waals surface area contributed by atoms with E-state index >= 15 is 0 Å². The summed E-state index contributed by atoms with van der Waals surface area (Å²) in [6.07, 6.45) is 2.96. The summed E-state index contributed by atoms with van der Waals surface area (Å²) in [6, 6.07) is 0.572. The number of piperazine rings is 1.